The molecule has 3 atom stereocenters. The van der Waals surface area contributed by atoms with Gasteiger partial charge in [-0.05, 0) is 71.9 Å². The standard InChI is InChI=1S/C15H30N2O/c1-15(2,3)16-10-12-6-5-9-17(11-12)13-7-4-8-14(13)18/h12-14,16,18H,4-11H2,1-3H3. The van der Waals surface area contributed by atoms with Crippen molar-refractivity contribution in [2.75, 3.05) is 19.6 Å². The van der Waals surface area contributed by atoms with Crippen molar-refractivity contribution in [2.24, 2.45) is 5.92 Å². The molecule has 3 unspecified atom stereocenters. The molecule has 2 rings (SSSR count). The molecular formula is C15H30N2O. The maximum Gasteiger partial charge on any atom is 0.0695 e. The molecular weight excluding hydrogens is 224 g/mol. The third-order valence-corrected chi connectivity index (χ3v) is 4.38. The number of aliphatic hydroxyl groups is 1. The minimum atomic E-state index is -0.0701. The first-order valence-electron chi connectivity index (χ1n) is 7.63. The fourth-order valence-corrected chi connectivity index (χ4v) is 3.36. The van der Waals surface area contributed by atoms with E-state index < -0.39 is 0 Å². The summed E-state index contributed by atoms with van der Waals surface area (Å²) in [7, 11) is 0. The molecule has 0 aromatic carbocycles. The van der Waals surface area contributed by atoms with Gasteiger partial charge in [-0.2, -0.15) is 0 Å². The molecule has 1 saturated carbocycles. The zero-order valence-electron chi connectivity index (χ0n) is 12.3. The van der Waals surface area contributed by atoms with Crippen LogP contribution in [0, 0.1) is 5.92 Å². The van der Waals surface area contributed by atoms with E-state index in [0.29, 0.717) is 6.04 Å². The first-order valence-corrected chi connectivity index (χ1v) is 7.63. The predicted molar refractivity (Wildman–Crippen MR) is 75.7 cm³/mol. The van der Waals surface area contributed by atoms with Crippen molar-refractivity contribution in [2.45, 2.75) is 70.6 Å². The van der Waals surface area contributed by atoms with Crippen LogP contribution in [0.3, 0.4) is 0 Å². The fourth-order valence-electron chi connectivity index (χ4n) is 3.36. The number of likely N-dealkylation sites (tertiary alicyclic amines) is 1. The van der Waals surface area contributed by atoms with E-state index in [2.05, 4.69) is 31.0 Å². The lowest BCUT2D eigenvalue weighted by Crippen LogP contribution is -2.49. The Balaban J connectivity index is 1.81. The molecule has 0 radical (unpaired) electrons. The van der Waals surface area contributed by atoms with Crippen molar-refractivity contribution in [3.05, 3.63) is 0 Å². The van der Waals surface area contributed by atoms with Crippen molar-refractivity contribution in [1.29, 1.82) is 0 Å². The van der Waals surface area contributed by atoms with Gasteiger partial charge in [-0.3, -0.25) is 4.90 Å². The van der Waals surface area contributed by atoms with E-state index in [1.54, 1.807) is 0 Å². The van der Waals surface area contributed by atoms with Gasteiger partial charge in [-0.1, -0.05) is 0 Å². The van der Waals surface area contributed by atoms with Crippen LogP contribution in [-0.2, 0) is 0 Å². The summed E-state index contributed by atoms with van der Waals surface area (Å²) in [4.78, 5) is 2.55. The van der Waals surface area contributed by atoms with Crippen molar-refractivity contribution in [3.8, 4) is 0 Å². The molecule has 2 fully saturated rings. The van der Waals surface area contributed by atoms with Crippen molar-refractivity contribution >= 4 is 0 Å². The van der Waals surface area contributed by atoms with E-state index in [4.69, 9.17) is 0 Å². The SMILES string of the molecule is CC(C)(C)NCC1CCCN(C2CCCC2O)C1. The monoisotopic (exact) mass is 254 g/mol. The Labute approximate surface area is 112 Å². The molecule has 1 saturated heterocycles. The molecule has 18 heavy (non-hydrogen) atoms. The molecule has 106 valence electrons. The van der Waals surface area contributed by atoms with Gasteiger partial charge in [0, 0.05) is 18.1 Å². The third-order valence-electron chi connectivity index (χ3n) is 4.38. The fraction of sp³-hybridized carbons (Fsp3) is 1.00. The highest BCUT2D eigenvalue weighted by Gasteiger charge is 2.33. The quantitative estimate of drug-likeness (QED) is 0.808. The van der Waals surface area contributed by atoms with Crippen LogP contribution in [-0.4, -0.2) is 47.3 Å². The summed E-state index contributed by atoms with van der Waals surface area (Å²) in [6, 6.07) is 0.447. The Kier molecular flexibility index (Phi) is 4.68. The second-order valence-electron chi connectivity index (χ2n) is 7.20. The summed E-state index contributed by atoms with van der Waals surface area (Å²) in [5, 5.41) is 13.7. The average molecular weight is 254 g/mol. The number of rotatable bonds is 3. The maximum absolute atomic E-state index is 10.0. The topological polar surface area (TPSA) is 35.5 Å². The molecule has 0 spiro atoms. The second-order valence-corrected chi connectivity index (χ2v) is 7.20. The van der Waals surface area contributed by atoms with E-state index >= 15 is 0 Å². The summed E-state index contributed by atoms with van der Waals surface area (Å²) in [6.07, 6.45) is 5.96. The number of hydrogen-bond acceptors (Lipinski definition) is 3. The van der Waals surface area contributed by atoms with Gasteiger partial charge >= 0.3 is 0 Å². The Bertz CT molecular complexity index is 262. The largest absolute Gasteiger partial charge is 0.391 e. The zero-order valence-corrected chi connectivity index (χ0v) is 12.3. The minimum Gasteiger partial charge on any atom is -0.391 e. The van der Waals surface area contributed by atoms with Crippen molar-refractivity contribution in [1.82, 2.24) is 10.2 Å². The predicted octanol–water partition coefficient (Wildman–Crippen LogP) is 2.00. The molecule has 0 amide bonds. The molecule has 0 bridgehead atoms. The normalized spacial score (nSPS) is 35.0. The average Bonchev–Trinajstić information content (AvgIpc) is 2.72. The molecule has 3 heteroatoms. The van der Waals surface area contributed by atoms with Crippen LogP contribution in [0.1, 0.15) is 52.9 Å². The van der Waals surface area contributed by atoms with E-state index in [0.717, 1.165) is 18.9 Å². The smallest absolute Gasteiger partial charge is 0.0695 e. The highest BCUT2D eigenvalue weighted by molar-refractivity contribution is 4.89. The first kappa shape index (κ1) is 14.3. The third kappa shape index (κ3) is 3.94. The minimum absolute atomic E-state index is 0.0701. The van der Waals surface area contributed by atoms with Gasteiger partial charge in [0.05, 0.1) is 6.10 Å². The van der Waals surface area contributed by atoms with Crippen LogP contribution < -0.4 is 5.32 Å². The first-order chi connectivity index (χ1) is 8.46. The molecule has 0 aromatic rings. The van der Waals surface area contributed by atoms with Crippen LogP contribution in [0.5, 0.6) is 0 Å². The molecule has 3 nitrogen and oxygen atoms in total. The van der Waals surface area contributed by atoms with Gasteiger partial charge in [0.15, 0.2) is 0 Å². The lowest BCUT2D eigenvalue weighted by molar-refractivity contribution is 0.0423. The summed E-state index contributed by atoms with van der Waals surface area (Å²) in [5.74, 6) is 0.755. The van der Waals surface area contributed by atoms with Gasteiger partial charge in [-0.15, -0.1) is 0 Å². The van der Waals surface area contributed by atoms with E-state index in [-0.39, 0.29) is 11.6 Å². The Morgan fingerprint density at radius 3 is 2.56 bits per heavy atom. The van der Waals surface area contributed by atoms with Crippen LogP contribution in [0.2, 0.25) is 0 Å². The Morgan fingerprint density at radius 2 is 1.94 bits per heavy atom. The van der Waals surface area contributed by atoms with Gasteiger partial charge < -0.3 is 10.4 Å². The molecule has 2 aliphatic rings. The number of nitrogens with one attached hydrogen (secondary N) is 1. The lowest BCUT2D eigenvalue weighted by atomic mass is 9.95. The highest BCUT2D eigenvalue weighted by Crippen LogP contribution is 2.28. The Hall–Kier alpha value is -0.120. The lowest BCUT2D eigenvalue weighted by Gasteiger charge is -2.39. The summed E-state index contributed by atoms with van der Waals surface area (Å²) < 4.78 is 0. The number of aliphatic hydroxyl groups excluding tert-OH is 1. The van der Waals surface area contributed by atoms with Gasteiger partial charge in [0.2, 0.25) is 0 Å². The Morgan fingerprint density at radius 1 is 1.17 bits per heavy atom. The number of nitrogens with zero attached hydrogens (tertiary/aromatic N) is 1. The zero-order chi connectivity index (χ0) is 13.2. The molecule has 1 heterocycles. The number of hydrogen-bond donors (Lipinski definition) is 2. The molecule has 0 aromatic heterocycles. The summed E-state index contributed by atoms with van der Waals surface area (Å²) in [6.45, 7) is 10.2. The molecule has 1 aliphatic carbocycles. The maximum atomic E-state index is 10.0. The summed E-state index contributed by atoms with van der Waals surface area (Å²) >= 11 is 0. The molecule has 1 aliphatic heterocycles. The van der Waals surface area contributed by atoms with Crippen LogP contribution in [0.25, 0.3) is 0 Å². The van der Waals surface area contributed by atoms with Crippen LogP contribution in [0.15, 0.2) is 0 Å². The van der Waals surface area contributed by atoms with Crippen LogP contribution >= 0.6 is 0 Å². The van der Waals surface area contributed by atoms with Gasteiger partial charge in [-0.25, -0.2) is 0 Å². The molecule has 2 N–H and O–H groups in total. The van der Waals surface area contributed by atoms with E-state index in [1.165, 1.54) is 38.8 Å². The van der Waals surface area contributed by atoms with Gasteiger partial charge in [0.25, 0.3) is 0 Å². The van der Waals surface area contributed by atoms with Crippen molar-refractivity contribution < 1.29 is 5.11 Å². The summed E-state index contributed by atoms with van der Waals surface area (Å²) in [5.41, 5.74) is 0.217. The second kappa shape index (κ2) is 5.89. The number of piperidine rings is 1. The van der Waals surface area contributed by atoms with E-state index in [9.17, 15) is 5.11 Å². The van der Waals surface area contributed by atoms with Crippen LogP contribution in [0.4, 0.5) is 0 Å². The van der Waals surface area contributed by atoms with Crippen molar-refractivity contribution in [3.63, 3.8) is 0 Å². The highest BCUT2D eigenvalue weighted by atomic mass is 16.3. The van der Waals surface area contributed by atoms with E-state index in [1.807, 2.05) is 0 Å². The van der Waals surface area contributed by atoms with Gasteiger partial charge in [0.1, 0.15) is 0 Å².